The van der Waals surface area contributed by atoms with Crippen LogP contribution in [0.4, 0.5) is 5.69 Å². The molecule has 1 aromatic heterocycles. The van der Waals surface area contributed by atoms with Crippen LogP contribution in [0.3, 0.4) is 0 Å². The lowest BCUT2D eigenvalue weighted by atomic mass is 9.83. The van der Waals surface area contributed by atoms with Crippen molar-refractivity contribution in [1.29, 1.82) is 0 Å². The number of thioether (sulfide) groups is 1. The van der Waals surface area contributed by atoms with Gasteiger partial charge in [-0.25, -0.2) is 4.90 Å². The van der Waals surface area contributed by atoms with Crippen LogP contribution in [0.25, 0.3) is 0 Å². The van der Waals surface area contributed by atoms with Crippen LogP contribution in [-0.4, -0.2) is 52.6 Å². The molecule has 0 saturated carbocycles. The van der Waals surface area contributed by atoms with Gasteiger partial charge in [0.2, 0.25) is 17.7 Å². The molecule has 0 spiro atoms. The Morgan fingerprint density at radius 2 is 1.67 bits per heavy atom. The maximum Gasteiger partial charge on any atom is 0.308 e. The number of carbonyl (C=O) groups excluding carboxylic acids is 3. The lowest BCUT2D eigenvalue weighted by molar-refractivity contribution is -0.133. The number of nitrogens with zero attached hydrogens (tertiary/aromatic N) is 3. The lowest BCUT2D eigenvalue weighted by Gasteiger charge is -2.31. The zero-order valence-electron chi connectivity index (χ0n) is 21.2. The number of thiazole rings is 1. The summed E-state index contributed by atoms with van der Waals surface area (Å²) in [6.45, 7) is 1.30. The summed E-state index contributed by atoms with van der Waals surface area (Å²) in [5.41, 5.74) is 1.26. The summed E-state index contributed by atoms with van der Waals surface area (Å²) in [7, 11) is 1.58. The number of ether oxygens (including phenoxy) is 1. The molecule has 39 heavy (non-hydrogen) atoms. The fraction of sp³-hybridized carbons (Fsp3) is 0.357. The van der Waals surface area contributed by atoms with Gasteiger partial charge in [0.15, 0.2) is 0 Å². The number of imide groups is 1. The van der Waals surface area contributed by atoms with E-state index in [1.807, 2.05) is 29.2 Å². The minimum absolute atomic E-state index is 0.0760. The summed E-state index contributed by atoms with van der Waals surface area (Å²) in [6.07, 6.45) is 3.01. The first-order valence-corrected chi connectivity index (χ1v) is 14.9. The summed E-state index contributed by atoms with van der Waals surface area (Å²) in [4.78, 5) is 57.6. The maximum absolute atomic E-state index is 13.9. The molecule has 11 heteroatoms. The van der Waals surface area contributed by atoms with E-state index in [4.69, 9.17) is 16.3 Å². The molecule has 8 nitrogen and oxygen atoms in total. The van der Waals surface area contributed by atoms with Crippen LogP contribution in [-0.2, 0) is 20.9 Å². The van der Waals surface area contributed by atoms with E-state index in [9.17, 15) is 19.2 Å². The number of anilines is 1. The van der Waals surface area contributed by atoms with Gasteiger partial charge in [0.25, 0.3) is 0 Å². The second-order valence-corrected chi connectivity index (χ2v) is 12.4. The van der Waals surface area contributed by atoms with Crippen LogP contribution in [0.5, 0.6) is 5.75 Å². The molecule has 3 aromatic rings. The van der Waals surface area contributed by atoms with Crippen molar-refractivity contribution >= 4 is 58.1 Å². The highest BCUT2D eigenvalue weighted by molar-refractivity contribution is 8.00. The predicted molar refractivity (Wildman–Crippen MR) is 151 cm³/mol. The number of fused-ring (bicyclic) bond motifs is 2. The molecule has 0 unspecified atom stereocenters. The largest absolute Gasteiger partial charge is 0.497 e. The van der Waals surface area contributed by atoms with Gasteiger partial charge in [-0.2, -0.15) is 0 Å². The van der Waals surface area contributed by atoms with E-state index in [-0.39, 0.29) is 29.1 Å². The van der Waals surface area contributed by atoms with Crippen molar-refractivity contribution in [1.82, 2.24) is 9.47 Å². The summed E-state index contributed by atoms with van der Waals surface area (Å²) in [5.74, 6) is -1.32. The van der Waals surface area contributed by atoms with E-state index >= 15 is 0 Å². The molecule has 3 atom stereocenters. The lowest BCUT2D eigenvalue weighted by Crippen LogP contribution is -2.39. The van der Waals surface area contributed by atoms with Gasteiger partial charge in [0.05, 0.1) is 23.7 Å². The molecule has 3 amide bonds. The Morgan fingerprint density at radius 1 is 0.974 bits per heavy atom. The summed E-state index contributed by atoms with van der Waals surface area (Å²) in [6, 6.07) is 14.0. The molecule has 0 bridgehead atoms. The number of aromatic nitrogens is 1. The first kappa shape index (κ1) is 26.2. The summed E-state index contributed by atoms with van der Waals surface area (Å²) >= 11 is 8.33. The molecule has 2 aromatic carbocycles. The number of hydrogen-bond donors (Lipinski definition) is 0. The van der Waals surface area contributed by atoms with Gasteiger partial charge >= 0.3 is 4.87 Å². The molecule has 4 heterocycles. The molecule has 0 radical (unpaired) electrons. The van der Waals surface area contributed by atoms with Crippen LogP contribution >= 0.6 is 34.7 Å². The van der Waals surface area contributed by atoms with Gasteiger partial charge in [-0.1, -0.05) is 46.8 Å². The Balaban J connectivity index is 1.43. The van der Waals surface area contributed by atoms with E-state index in [1.54, 1.807) is 31.4 Å². The van der Waals surface area contributed by atoms with Crippen molar-refractivity contribution in [2.24, 2.45) is 5.92 Å². The zero-order valence-corrected chi connectivity index (χ0v) is 23.6. The number of piperidine rings is 1. The highest BCUT2D eigenvalue weighted by Crippen LogP contribution is 2.54. The van der Waals surface area contributed by atoms with Crippen molar-refractivity contribution in [2.75, 3.05) is 25.1 Å². The van der Waals surface area contributed by atoms with E-state index < -0.39 is 17.1 Å². The van der Waals surface area contributed by atoms with Gasteiger partial charge in [0.1, 0.15) is 17.5 Å². The number of hydrogen-bond acceptors (Lipinski definition) is 7. The number of benzene rings is 2. The van der Waals surface area contributed by atoms with Crippen molar-refractivity contribution in [2.45, 2.75) is 42.0 Å². The Hall–Kier alpha value is -3.08. The van der Waals surface area contributed by atoms with Crippen LogP contribution in [0.1, 0.15) is 35.6 Å². The standard InChI is InChI=1S/C28H26ClN3O5S2/c1-37-19-11-5-16(6-12-19)21-22-23(26(35)32(25(22)34)18-9-7-17(29)8-10-18)38-27-24(21)39-28(36)31(27)15-20(33)30-13-3-2-4-14-30/h5-12,21-23H,2-4,13-15H2,1H3/t21-,22+,23-/m0/s1. The average Bonchev–Trinajstić information content (AvgIpc) is 3.40. The van der Waals surface area contributed by atoms with Crippen LogP contribution in [0.15, 0.2) is 58.4 Å². The van der Waals surface area contributed by atoms with E-state index in [0.717, 1.165) is 36.2 Å². The zero-order chi connectivity index (χ0) is 27.3. The Bertz CT molecular complexity index is 1490. The third-order valence-electron chi connectivity index (χ3n) is 7.61. The fourth-order valence-corrected chi connectivity index (χ4v) is 8.55. The Kier molecular flexibility index (Phi) is 7.03. The summed E-state index contributed by atoms with van der Waals surface area (Å²) < 4.78 is 6.82. The quantitative estimate of drug-likeness (QED) is 0.414. The first-order valence-electron chi connectivity index (χ1n) is 12.8. The molecular formula is C28H26ClN3O5S2. The minimum atomic E-state index is -0.738. The van der Waals surface area contributed by atoms with Crippen LogP contribution in [0, 0.1) is 5.92 Å². The number of likely N-dealkylation sites (tertiary alicyclic amines) is 1. The van der Waals surface area contributed by atoms with Crippen molar-refractivity contribution in [3.63, 3.8) is 0 Å². The molecule has 6 rings (SSSR count). The molecule has 0 N–H and O–H groups in total. The molecule has 2 fully saturated rings. The van der Waals surface area contributed by atoms with Gasteiger partial charge in [-0.15, -0.1) is 0 Å². The van der Waals surface area contributed by atoms with E-state index in [0.29, 0.717) is 39.5 Å². The SMILES string of the molecule is COc1ccc([C@@H]2c3sc(=O)n(CC(=O)N4CCCCC4)c3S[C@@H]3C(=O)N(c4ccc(Cl)cc4)C(=O)[C@H]23)cc1. The Labute approximate surface area is 238 Å². The first-order chi connectivity index (χ1) is 18.9. The molecule has 3 aliphatic heterocycles. The van der Waals surface area contributed by atoms with E-state index in [1.165, 1.54) is 21.2 Å². The van der Waals surface area contributed by atoms with Crippen LogP contribution < -0.4 is 14.5 Å². The van der Waals surface area contributed by atoms with Gasteiger partial charge < -0.3 is 9.64 Å². The molecule has 202 valence electrons. The number of halogens is 1. The maximum atomic E-state index is 13.9. The smallest absolute Gasteiger partial charge is 0.308 e. The topological polar surface area (TPSA) is 88.9 Å². The van der Waals surface area contributed by atoms with Gasteiger partial charge in [-0.3, -0.25) is 23.7 Å². The summed E-state index contributed by atoms with van der Waals surface area (Å²) in [5, 5.41) is 0.361. The number of methoxy groups -OCH3 is 1. The number of rotatable bonds is 5. The highest BCUT2D eigenvalue weighted by atomic mass is 35.5. The molecule has 3 aliphatic rings. The van der Waals surface area contributed by atoms with Crippen molar-refractivity contribution in [3.8, 4) is 5.75 Å². The minimum Gasteiger partial charge on any atom is -0.497 e. The average molecular weight is 584 g/mol. The number of carbonyl (C=O) groups is 3. The molecule has 2 saturated heterocycles. The van der Waals surface area contributed by atoms with Crippen molar-refractivity contribution in [3.05, 3.63) is 73.7 Å². The normalized spacial score (nSPS) is 22.6. The third kappa shape index (κ3) is 4.58. The molecular weight excluding hydrogens is 558 g/mol. The highest BCUT2D eigenvalue weighted by Gasteiger charge is 2.56. The number of amides is 3. The fourth-order valence-electron chi connectivity index (χ4n) is 5.65. The van der Waals surface area contributed by atoms with Gasteiger partial charge in [-0.05, 0) is 61.2 Å². The van der Waals surface area contributed by atoms with Gasteiger partial charge in [0, 0.05) is 28.9 Å². The van der Waals surface area contributed by atoms with Crippen LogP contribution in [0.2, 0.25) is 5.02 Å². The molecule has 0 aliphatic carbocycles. The monoisotopic (exact) mass is 583 g/mol. The Morgan fingerprint density at radius 3 is 2.33 bits per heavy atom. The second-order valence-electron chi connectivity index (χ2n) is 9.87. The van der Waals surface area contributed by atoms with E-state index in [2.05, 4.69) is 0 Å². The van der Waals surface area contributed by atoms with Crippen molar-refractivity contribution < 1.29 is 19.1 Å². The predicted octanol–water partition coefficient (Wildman–Crippen LogP) is 4.38. The second kappa shape index (κ2) is 10.5. The third-order valence-corrected chi connectivity index (χ3v) is 10.5.